The number of thiophene rings is 1. The predicted molar refractivity (Wildman–Crippen MR) is 84.2 cm³/mol. The molecule has 2 heterocycles. The Bertz CT molecular complexity index is 743. The van der Waals surface area contributed by atoms with Crippen LogP contribution >= 0.6 is 11.3 Å². The molecule has 0 aliphatic rings. The summed E-state index contributed by atoms with van der Waals surface area (Å²) in [7, 11) is 0. The van der Waals surface area contributed by atoms with Gasteiger partial charge in [0, 0.05) is 11.3 Å². The average Bonchev–Trinajstić information content (AvgIpc) is 2.82. The Hall–Kier alpha value is -1.69. The topological polar surface area (TPSA) is 72.2 Å². The van der Waals surface area contributed by atoms with Crippen molar-refractivity contribution in [2.45, 2.75) is 52.5 Å². The number of fused-ring (bicyclic) bond motifs is 1. The molecule has 1 N–H and O–H groups in total. The smallest absolute Gasteiger partial charge is 0.329 e. The minimum Gasteiger partial charge on any atom is -0.480 e. The number of hydrogen-bond acceptors (Lipinski definition) is 4. The van der Waals surface area contributed by atoms with E-state index in [1.165, 1.54) is 29.8 Å². The molecule has 0 aromatic carbocycles. The summed E-state index contributed by atoms with van der Waals surface area (Å²) in [5, 5.41) is 9.97. The van der Waals surface area contributed by atoms with Gasteiger partial charge in [0.2, 0.25) is 0 Å². The Morgan fingerprint density at radius 2 is 2.10 bits per heavy atom. The molecule has 2 aromatic rings. The van der Waals surface area contributed by atoms with Gasteiger partial charge >= 0.3 is 5.97 Å². The van der Waals surface area contributed by atoms with Crippen LogP contribution in [0.25, 0.3) is 10.2 Å². The molecule has 5 nitrogen and oxygen atoms in total. The summed E-state index contributed by atoms with van der Waals surface area (Å²) in [6.45, 7) is 7.09. The van der Waals surface area contributed by atoms with E-state index >= 15 is 0 Å². The second-order valence-corrected chi connectivity index (χ2v) is 6.68. The lowest BCUT2D eigenvalue weighted by atomic mass is 10.0. The Balaban J connectivity index is 2.83. The number of carboxylic acids is 1. The van der Waals surface area contributed by atoms with E-state index in [4.69, 9.17) is 0 Å². The summed E-state index contributed by atoms with van der Waals surface area (Å²) in [6.07, 6.45) is 2.23. The Labute approximate surface area is 127 Å². The molecule has 114 valence electrons. The van der Waals surface area contributed by atoms with Crippen molar-refractivity contribution in [2.24, 2.45) is 0 Å². The first-order valence-electron chi connectivity index (χ1n) is 7.11. The van der Waals surface area contributed by atoms with Gasteiger partial charge in [-0.3, -0.25) is 9.36 Å². The van der Waals surface area contributed by atoms with E-state index in [-0.39, 0.29) is 5.56 Å². The lowest BCUT2D eigenvalue weighted by Crippen LogP contribution is -2.44. The third-order valence-electron chi connectivity index (χ3n) is 3.59. The standard InChI is InChI=1S/C15H20N2O3S/c1-5-7-11-16-12-10(8-9(6-2)21-12)13(18)17(11)15(3,4)14(19)20/h8H,5-7H2,1-4H3,(H,19,20). The Morgan fingerprint density at radius 1 is 1.43 bits per heavy atom. The normalized spacial score (nSPS) is 12.0. The zero-order valence-corrected chi connectivity index (χ0v) is 13.6. The fourth-order valence-electron chi connectivity index (χ4n) is 2.31. The van der Waals surface area contributed by atoms with Crippen LogP contribution in [0.4, 0.5) is 0 Å². The fraction of sp³-hybridized carbons (Fsp3) is 0.533. The first kappa shape index (κ1) is 15.7. The summed E-state index contributed by atoms with van der Waals surface area (Å²) in [5.74, 6) is -0.485. The van der Waals surface area contributed by atoms with Crippen LogP contribution in [-0.2, 0) is 23.2 Å². The lowest BCUT2D eigenvalue weighted by molar-refractivity contribution is -0.146. The number of nitrogens with zero attached hydrogens (tertiary/aromatic N) is 2. The second kappa shape index (κ2) is 5.60. The summed E-state index contributed by atoms with van der Waals surface area (Å²) in [5.41, 5.74) is -1.57. The van der Waals surface area contributed by atoms with Crippen LogP contribution in [0.15, 0.2) is 10.9 Å². The molecule has 0 saturated heterocycles. The molecule has 6 heteroatoms. The van der Waals surface area contributed by atoms with Crippen molar-refractivity contribution in [3.8, 4) is 0 Å². The van der Waals surface area contributed by atoms with Gasteiger partial charge in [-0.25, -0.2) is 9.78 Å². The van der Waals surface area contributed by atoms with Crippen molar-refractivity contribution in [2.75, 3.05) is 0 Å². The van der Waals surface area contributed by atoms with Gasteiger partial charge in [-0.15, -0.1) is 11.3 Å². The summed E-state index contributed by atoms with van der Waals surface area (Å²) >= 11 is 1.51. The summed E-state index contributed by atoms with van der Waals surface area (Å²) in [6, 6.07) is 1.83. The molecular formula is C15H20N2O3S. The molecule has 0 radical (unpaired) electrons. The van der Waals surface area contributed by atoms with Gasteiger partial charge in [0.25, 0.3) is 5.56 Å². The molecule has 0 amide bonds. The molecule has 0 aliphatic heterocycles. The molecule has 0 aliphatic carbocycles. The molecule has 21 heavy (non-hydrogen) atoms. The van der Waals surface area contributed by atoms with Gasteiger partial charge < -0.3 is 5.11 Å². The minimum absolute atomic E-state index is 0.258. The average molecular weight is 308 g/mol. The highest BCUT2D eigenvalue weighted by molar-refractivity contribution is 7.18. The Kier molecular flexibility index (Phi) is 4.18. The van der Waals surface area contributed by atoms with Gasteiger partial charge in [-0.2, -0.15) is 0 Å². The van der Waals surface area contributed by atoms with Crippen molar-refractivity contribution in [3.63, 3.8) is 0 Å². The van der Waals surface area contributed by atoms with Gasteiger partial charge in [0.1, 0.15) is 16.2 Å². The van der Waals surface area contributed by atoms with Crippen LogP contribution < -0.4 is 5.56 Å². The zero-order chi connectivity index (χ0) is 15.8. The quantitative estimate of drug-likeness (QED) is 0.922. The largest absolute Gasteiger partial charge is 0.480 e. The molecule has 2 rings (SSSR count). The molecule has 0 atom stereocenters. The first-order valence-corrected chi connectivity index (χ1v) is 7.92. The number of rotatable bonds is 5. The van der Waals surface area contributed by atoms with Crippen LogP contribution in [-0.4, -0.2) is 20.6 Å². The van der Waals surface area contributed by atoms with Crippen molar-refractivity contribution in [1.29, 1.82) is 0 Å². The molecular weight excluding hydrogens is 288 g/mol. The molecule has 0 saturated carbocycles. The van der Waals surface area contributed by atoms with Crippen LogP contribution in [0.3, 0.4) is 0 Å². The van der Waals surface area contributed by atoms with E-state index in [9.17, 15) is 14.7 Å². The first-order chi connectivity index (χ1) is 9.82. The second-order valence-electron chi connectivity index (χ2n) is 5.57. The van der Waals surface area contributed by atoms with Crippen molar-refractivity contribution >= 4 is 27.5 Å². The highest BCUT2D eigenvalue weighted by Gasteiger charge is 2.33. The highest BCUT2D eigenvalue weighted by Crippen LogP contribution is 2.25. The van der Waals surface area contributed by atoms with Crippen molar-refractivity contribution < 1.29 is 9.90 Å². The molecule has 0 unspecified atom stereocenters. The van der Waals surface area contributed by atoms with E-state index in [1.807, 2.05) is 19.9 Å². The van der Waals surface area contributed by atoms with Gasteiger partial charge in [0.05, 0.1) is 5.39 Å². The van der Waals surface area contributed by atoms with Gasteiger partial charge in [-0.1, -0.05) is 13.8 Å². The van der Waals surface area contributed by atoms with Crippen LogP contribution in [0, 0.1) is 0 Å². The van der Waals surface area contributed by atoms with E-state index in [0.29, 0.717) is 22.5 Å². The number of hydrogen-bond donors (Lipinski definition) is 1. The van der Waals surface area contributed by atoms with Crippen LogP contribution in [0.2, 0.25) is 0 Å². The van der Waals surface area contributed by atoms with E-state index in [1.54, 1.807) is 0 Å². The van der Waals surface area contributed by atoms with E-state index < -0.39 is 11.5 Å². The molecule has 2 aromatic heterocycles. The molecule has 0 bridgehead atoms. The summed E-state index contributed by atoms with van der Waals surface area (Å²) < 4.78 is 1.34. The Morgan fingerprint density at radius 3 is 2.62 bits per heavy atom. The molecule has 0 fully saturated rings. The lowest BCUT2D eigenvalue weighted by Gasteiger charge is -2.25. The number of aromatic nitrogens is 2. The molecule has 0 spiro atoms. The SMILES string of the molecule is CCCc1nc2sc(CC)cc2c(=O)n1C(C)(C)C(=O)O. The van der Waals surface area contributed by atoms with Gasteiger partial charge in [0.15, 0.2) is 0 Å². The predicted octanol–water partition coefficient (Wildman–Crippen LogP) is 2.79. The van der Waals surface area contributed by atoms with Crippen LogP contribution in [0.1, 0.15) is 44.8 Å². The fourth-order valence-corrected chi connectivity index (χ4v) is 3.29. The maximum atomic E-state index is 12.8. The van der Waals surface area contributed by atoms with Gasteiger partial charge in [-0.05, 0) is 32.8 Å². The highest BCUT2D eigenvalue weighted by atomic mass is 32.1. The van der Waals surface area contributed by atoms with Crippen LogP contribution in [0.5, 0.6) is 0 Å². The third-order valence-corrected chi connectivity index (χ3v) is 4.76. The van der Waals surface area contributed by atoms with E-state index in [2.05, 4.69) is 4.98 Å². The number of carbonyl (C=O) groups is 1. The number of carboxylic acid groups (broad SMARTS) is 1. The number of aliphatic carboxylic acids is 1. The zero-order valence-electron chi connectivity index (χ0n) is 12.8. The summed E-state index contributed by atoms with van der Waals surface area (Å²) in [4.78, 5) is 30.7. The third kappa shape index (κ3) is 2.60. The maximum absolute atomic E-state index is 12.8. The van der Waals surface area contributed by atoms with Crippen molar-refractivity contribution in [1.82, 2.24) is 9.55 Å². The monoisotopic (exact) mass is 308 g/mol. The minimum atomic E-state index is -1.31. The number of aryl methyl sites for hydroxylation is 2. The maximum Gasteiger partial charge on any atom is 0.329 e. The van der Waals surface area contributed by atoms with E-state index in [0.717, 1.165) is 17.7 Å². The van der Waals surface area contributed by atoms with Crippen molar-refractivity contribution in [3.05, 3.63) is 27.1 Å².